The van der Waals surface area contributed by atoms with Crippen molar-refractivity contribution in [2.75, 3.05) is 13.7 Å². The van der Waals surface area contributed by atoms with Crippen LogP contribution in [0, 0.1) is 12.3 Å². The molecule has 1 aromatic heterocycles. The monoisotopic (exact) mass is 485 g/mol. The Bertz CT molecular complexity index is 1040. The van der Waals surface area contributed by atoms with Crippen LogP contribution in [0.15, 0.2) is 16.5 Å². The molecule has 0 bridgehead atoms. The predicted octanol–water partition coefficient (Wildman–Crippen LogP) is 4.95. The molecule has 0 radical (unpaired) electrons. The zero-order valence-electron chi connectivity index (χ0n) is 21.7. The average Bonchev–Trinajstić information content (AvgIpc) is 3.14. The van der Waals surface area contributed by atoms with Gasteiger partial charge in [-0.15, -0.1) is 12.3 Å². The Kier molecular flexibility index (Phi) is 10.7. The van der Waals surface area contributed by atoms with Crippen LogP contribution in [0.5, 0.6) is 5.75 Å². The average molecular weight is 486 g/mol. The van der Waals surface area contributed by atoms with Gasteiger partial charge in [-0.1, -0.05) is 0 Å². The predicted molar refractivity (Wildman–Crippen MR) is 137 cm³/mol. The SMILES string of the molecule is C#CCCCc1oc2c(OC)cc(CCC(=O)NC(C)CCCC(C)(C)O)cc2c1C(=O)OCC. The van der Waals surface area contributed by atoms with Crippen LogP contribution in [0.1, 0.15) is 87.9 Å². The number of esters is 1. The van der Waals surface area contributed by atoms with E-state index in [-0.39, 0.29) is 18.6 Å². The quantitative estimate of drug-likeness (QED) is 0.223. The molecular formula is C28H39NO6. The van der Waals surface area contributed by atoms with Crippen LogP contribution in [0.3, 0.4) is 0 Å². The third-order valence-corrected chi connectivity index (χ3v) is 5.79. The first-order valence-electron chi connectivity index (χ1n) is 12.3. The largest absolute Gasteiger partial charge is 0.493 e. The first-order chi connectivity index (χ1) is 16.6. The van der Waals surface area contributed by atoms with E-state index in [0.29, 0.717) is 66.6 Å². The Morgan fingerprint density at radius 1 is 1.26 bits per heavy atom. The van der Waals surface area contributed by atoms with Crippen molar-refractivity contribution in [1.82, 2.24) is 5.32 Å². The molecule has 7 heteroatoms. The summed E-state index contributed by atoms with van der Waals surface area (Å²) in [5.74, 6) is 3.15. The zero-order valence-corrected chi connectivity index (χ0v) is 21.7. The van der Waals surface area contributed by atoms with Gasteiger partial charge in [-0.05, 0) is 77.5 Å². The van der Waals surface area contributed by atoms with Crippen LogP contribution in [-0.2, 0) is 22.4 Å². The van der Waals surface area contributed by atoms with E-state index < -0.39 is 11.6 Å². The molecule has 1 heterocycles. The Labute approximate surface area is 208 Å². The summed E-state index contributed by atoms with van der Waals surface area (Å²) in [7, 11) is 1.55. The number of aliphatic hydroxyl groups is 1. The van der Waals surface area contributed by atoms with Gasteiger partial charge in [-0.25, -0.2) is 4.79 Å². The van der Waals surface area contributed by atoms with Crippen molar-refractivity contribution >= 4 is 22.8 Å². The maximum atomic E-state index is 12.8. The van der Waals surface area contributed by atoms with Crippen molar-refractivity contribution in [3.8, 4) is 18.1 Å². The van der Waals surface area contributed by atoms with Crippen molar-refractivity contribution < 1.29 is 28.6 Å². The van der Waals surface area contributed by atoms with E-state index in [2.05, 4.69) is 11.2 Å². The summed E-state index contributed by atoms with van der Waals surface area (Å²) in [6.07, 6.45) is 10.2. The molecule has 2 N–H and O–H groups in total. The molecule has 1 amide bonds. The van der Waals surface area contributed by atoms with Crippen molar-refractivity contribution in [1.29, 1.82) is 0 Å². The highest BCUT2D eigenvalue weighted by molar-refractivity contribution is 6.06. The van der Waals surface area contributed by atoms with Gasteiger partial charge in [0, 0.05) is 30.7 Å². The molecule has 0 fully saturated rings. The fourth-order valence-electron chi connectivity index (χ4n) is 4.04. The van der Waals surface area contributed by atoms with Gasteiger partial charge in [-0.3, -0.25) is 4.79 Å². The Balaban J connectivity index is 2.17. The van der Waals surface area contributed by atoms with Gasteiger partial charge < -0.3 is 24.3 Å². The van der Waals surface area contributed by atoms with Crippen LogP contribution >= 0.6 is 0 Å². The second-order valence-corrected chi connectivity index (χ2v) is 9.53. The standard InChI is InChI=1S/C28H39NO6/c1-7-9-10-13-22-25(27(31)34-8-2)21-17-20(18-23(33-6)26(21)35-22)14-15-24(30)29-19(3)12-11-16-28(4,5)32/h1,17-19,32H,8-16H2,2-6H3,(H,29,30). The van der Waals surface area contributed by atoms with Crippen molar-refractivity contribution in [2.45, 2.75) is 90.7 Å². The van der Waals surface area contributed by atoms with Gasteiger partial charge >= 0.3 is 5.97 Å². The van der Waals surface area contributed by atoms with Crippen molar-refractivity contribution in [3.05, 3.63) is 29.0 Å². The van der Waals surface area contributed by atoms with Crippen molar-refractivity contribution in [2.24, 2.45) is 0 Å². The third-order valence-electron chi connectivity index (χ3n) is 5.79. The highest BCUT2D eigenvalue weighted by Gasteiger charge is 2.24. The second-order valence-electron chi connectivity index (χ2n) is 9.53. The summed E-state index contributed by atoms with van der Waals surface area (Å²) >= 11 is 0. The van der Waals surface area contributed by atoms with E-state index in [0.717, 1.165) is 18.4 Å². The van der Waals surface area contributed by atoms with Gasteiger partial charge in [0.1, 0.15) is 11.3 Å². The Morgan fingerprint density at radius 3 is 2.63 bits per heavy atom. The van der Waals surface area contributed by atoms with Gasteiger partial charge in [0.2, 0.25) is 5.91 Å². The lowest BCUT2D eigenvalue weighted by Crippen LogP contribution is -2.33. The highest BCUT2D eigenvalue weighted by atomic mass is 16.5. The lowest BCUT2D eigenvalue weighted by molar-refractivity contribution is -0.121. The van der Waals surface area contributed by atoms with E-state index in [4.69, 9.17) is 20.3 Å². The fraction of sp³-hybridized carbons (Fsp3) is 0.571. The number of carbonyl (C=O) groups is 2. The number of rotatable bonds is 14. The van der Waals surface area contributed by atoms with Gasteiger partial charge in [0.15, 0.2) is 11.3 Å². The normalized spacial score (nSPS) is 12.3. The number of unbranched alkanes of at least 4 members (excludes halogenated alkanes) is 1. The minimum absolute atomic E-state index is 0.0247. The highest BCUT2D eigenvalue weighted by Crippen LogP contribution is 2.36. The van der Waals surface area contributed by atoms with Gasteiger partial charge in [0.25, 0.3) is 0 Å². The zero-order chi connectivity index (χ0) is 26.0. The molecular weight excluding hydrogens is 446 g/mol. The lowest BCUT2D eigenvalue weighted by Gasteiger charge is -2.19. The first kappa shape index (κ1) is 28.3. The molecule has 1 unspecified atom stereocenters. The maximum Gasteiger partial charge on any atom is 0.342 e. The number of hydrogen-bond donors (Lipinski definition) is 2. The van der Waals surface area contributed by atoms with Crippen LogP contribution in [0.4, 0.5) is 0 Å². The van der Waals surface area contributed by atoms with Crippen LogP contribution in [0.2, 0.25) is 0 Å². The molecule has 1 aromatic carbocycles. The lowest BCUT2D eigenvalue weighted by atomic mass is 9.99. The van der Waals surface area contributed by atoms with Gasteiger partial charge in [0.05, 0.1) is 19.3 Å². The molecule has 2 rings (SSSR count). The number of nitrogens with one attached hydrogen (secondary N) is 1. The number of benzene rings is 1. The summed E-state index contributed by atoms with van der Waals surface area (Å²) in [4.78, 5) is 25.3. The molecule has 0 spiro atoms. The molecule has 0 aliphatic carbocycles. The Hall–Kier alpha value is -2.98. The number of fused-ring (bicyclic) bond motifs is 1. The van der Waals surface area contributed by atoms with Crippen LogP contribution < -0.4 is 10.1 Å². The third kappa shape index (κ3) is 8.63. The summed E-state index contributed by atoms with van der Waals surface area (Å²) in [5, 5.41) is 13.5. The smallest absolute Gasteiger partial charge is 0.342 e. The number of ether oxygens (including phenoxy) is 2. The molecule has 0 aliphatic rings. The molecule has 0 saturated carbocycles. The number of carbonyl (C=O) groups excluding carboxylic acids is 2. The second kappa shape index (κ2) is 13.2. The van der Waals surface area contributed by atoms with E-state index >= 15 is 0 Å². The molecule has 35 heavy (non-hydrogen) atoms. The molecule has 0 aliphatic heterocycles. The summed E-state index contributed by atoms with van der Waals surface area (Å²) in [5.41, 5.74) is 1.04. The number of terminal acetylenes is 1. The number of methoxy groups -OCH3 is 1. The van der Waals surface area contributed by atoms with Crippen LogP contribution in [0.25, 0.3) is 11.0 Å². The Morgan fingerprint density at radius 2 is 2.00 bits per heavy atom. The molecule has 192 valence electrons. The van der Waals surface area contributed by atoms with E-state index in [1.54, 1.807) is 27.9 Å². The molecule has 0 saturated heterocycles. The van der Waals surface area contributed by atoms with Crippen LogP contribution in [-0.4, -0.2) is 42.3 Å². The molecule has 1 atom stereocenters. The summed E-state index contributed by atoms with van der Waals surface area (Å²) in [6, 6.07) is 3.74. The number of aryl methyl sites for hydroxylation is 2. The topological polar surface area (TPSA) is 98.0 Å². The fourth-order valence-corrected chi connectivity index (χ4v) is 4.04. The molecule has 7 nitrogen and oxygen atoms in total. The number of hydrogen-bond acceptors (Lipinski definition) is 6. The first-order valence-corrected chi connectivity index (χ1v) is 12.3. The number of furan rings is 1. The minimum Gasteiger partial charge on any atom is -0.493 e. The molecule has 2 aromatic rings. The van der Waals surface area contributed by atoms with Gasteiger partial charge in [-0.2, -0.15) is 0 Å². The summed E-state index contributed by atoms with van der Waals surface area (Å²) in [6.45, 7) is 7.55. The minimum atomic E-state index is -0.696. The van der Waals surface area contributed by atoms with E-state index in [9.17, 15) is 14.7 Å². The summed E-state index contributed by atoms with van der Waals surface area (Å²) < 4.78 is 16.9. The van der Waals surface area contributed by atoms with E-state index in [1.165, 1.54) is 0 Å². The number of amides is 1. The maximum absolute atomic E-state index is 12.8. The van der Waals surface area contributed by atoms with Crippen molar-refractivity contribution in [3.63, 3.8) is 0 Å². The van der Waals surface area contributed by atoms with E-state index in [1.807, 2.05) is 19.1 Å².